The second kappa shape index (κ2) is 10.5. The number of aryl methyl sites for hydroxylation is 1. The highest BCUT2D eigenvalue weighted by atomic mass is 19.1. The molecule has 2 N–H and O–H groups in total. The van der Waals surface area contributed by atoms with Crippen molar-refractivity contribution in [3.8, 4) is 5.69 Å². The van der Waals surface area contributed by atoms with Crippen LogP contribution in [-0.2, 0) is 6.54 Å². The number of carbonyl (C=O) groups is 2. The fourth-order valence-corrected chi connectivity index (χ4v) is 4.44. The molecule has 0 bridgehead atoms. The number of rotatable bonds is 5. The molecule has 0 aliphatic carbocycles. The quantitative estimate of drug-likeness (QED) is 0.404. The summed E-state index contributed by atoms with van der Waals surface area (Å²) in [5.41, 5.74) is 1.64. The largest absolute Gasteiger partial charge is 0.465 e. The third-order valence-electron chi connectivity index (χ3n) is 6.60. The minimum absolute atomic E-state index is 0.116. The molecule has 0 spiro atoms. The number of nitrogens with one attached hydrogen (secondary N) is 1. The van der Waals surface area contributed by atoms with Crippen molar-refractivity contribution < 1.29 is 23.5 Å². The van der Waals surface area contributed by atoms with E-state index in [1.165, 1.54) is 33.7 Å². The Morgan fingerprint density at radius 3 is 2.36 bits per heavy atom. The molecule has 1 fully saturated rings. The van der Waals surface area contributed by atoms with Crippen LogP contribution in [0.4, 0.5) is 19.5 Å². The van der Waals surface area contributed by atoms with Crippen molar-refractivity contribution in [3.63, 3.8) is 0 Å². The summed E-state index contributed by atoms with van der Waals surface area (Å²) in [5.74, 6) is -1.51. The topological polar surface area (TPSA) is 121 Å². The third-order valence-corrected chi connectivity index (χ3v) is 6.60. The van der Waals surface area contributed by atoms with E-state index in [1.54, 1.807) is 18.2 Å². The van der Waals surface area contributed by atoms with E-state index in [4.69, 9.17) is 0 Å². The van der Waals surface area contributed by atoms with Crippen molar-refractivity contribution in [3.05, 3.63) is 93.4 Å². The van der Waals surface area contributed by atoms with E-state index in [0.717, 1.165) is 12.1 Å². The number of nitrogens with zero attached hydrogens (tertiary/aromatic N) is 5. The number of amides is 2. The first-order chi connectivity index (χ1) is 18.7. The molecule has 3 heterocycles. The Morgan fingerprint density at radius 1 is 0.974 bits per heavy atom. The van der Waals surface area contributed by atoms with Gasteiger partial charge in [0.2, 0.25) is 5.95 Å². The number of hydrogen-bond acceptors (Lipinski definition) is 6. The number of anilines is 1. The summed E-state index contributed by atoms with van der Waals surface area (Å²) in [6.07, 6.45) is -0.973. The van der Waals surface area contributed by atoms with Crippen molar-refractivity contribution in [2.24, 2.45) is 0 Å². The number of halogens is 2. The molecular formula is C27H24F2N6O4. The highest BCUT2D eigenvalue weighted by molar-refractivity contribution is 5.94. The number of piperazine rings is 1. The molecule has 12 heteroatoms. The third kappa shape index (κ3) is 5.26. The van der Waals surface area contributed by atoms with Crippen LogP contribution in [0.5, 0.6) is 0 Å². The smallest absolute Gasteiger partial charge is 0.407 e. The summed E-state index contributed by atoms with van der Waals surface area (Å²) in [4.78, 5) is 49.3. The van der Waals surface area contributed by atoms with E-state index in [-0.39, 0.29) is 23.2 Å². The van der Waals surface area contributed by atoms with Gasteiger partial charge in [-0.1, -0.05) is 6.07 Å². The molecule has 200 valence electrons. The van der Waals surface area contributed by atoms with Crippen LogP contribution in [0.25, 0.3) is 16.7 Å². The number of carbonyl (C=O) groups excluding carboxylic acids is 1. The predicted octanol–water partition coefficient (Wildman–Crippen LogP) is 3.10. The zero-order chi connectivity index (χ0) is 27.7. The number of carboxylic acid groups (broad SMARTS) is 1. The Hall–Kier alpha value is -4.87. The molecule has 2 aromatic heterocycles. The molecule has 0 saturated carbocycles. The van der Waals surface area contributed by atoms with Crippen molar-refractivity contribution in [1.82, 2.24) is 24.8 Å². The first-order valence-corrected chi connectivity index (χ1v) is 12.2. The average Bonchev–Trinajstić information content (AvgIpc) is 2.92. The number of hydrogen-bond donors (Lipinski definition) is 2. The van der Waals surface area contributed by atoms with E-state index >= 15 is 0 Å². The Kier molecular flexibility index (Phi) is 6.92. The Morgan fingerprint density at radius 2 is 1.69 bits per heavy atom. The lowest BCUT2D eigenvalue weighted by atomic mass is 10.1. The van der Waals surface area contributed by atoms with Crippen molar-refractivity contribution in [1.29, 1.82) is 0 Å². The molecule has 0 unspecified atom stereocenters. The van der Waals surface area contributed by atoms with Gasteiger partial charge in [-0.15, -0.1) is 0 Å². The minimum atomic E-state index is -0.973. The Bertz CT molecular complexity index is 1630. The molecule has 4 aromatic rings. The first-order valence-electron chi connectivity index (χ1n) is 12.2. The molecule has 10 nitrogen and oxygen atoms in total. The van der Waals surface area contributed by atoms with Gasteiger partial charge < -0.3 is 20.2 Å². The average molecular weight is 535 g/mol. The van der Waals surface area contributed by atoms with Crippen LogP contribution in [0.2, 0.25) is 0 Å². The maximum Gasteiger partial charge on any atom is 0.407 e. The van der Waals surface area contributed by atoms with Crippen LogP contribution in [0.3, 0.4) is 0 Å². The molecule has 2 amide bonds. The number of aromatic nitrogens is 3. The lowest BCUT2D eigenvalue weighted by Crippen LogP contribution is -2.48. The molecule has 39 heavy (non-hydrogen) atoms. The maximum absolute atomic E-state index is 13.9. The summed E-state index contributed by atoms with van der Waals surface area (Å²) in [6, 6.07) is 12.5. The van der Waals surface area contributed by atoms with Gasteiger partial charge >= 0.3 is 6.09 Å². The van der Waals surface area contributed by atoms with E-state index in [0.29, 0.717) is 54.5 Å². The zero-order valence-electron chi connectivity index (χ0n) is 20.9. The lowest BCUT2D eigenvalue weighted by Gasteiger charge is -2.33. The van der Waals surface area contributed by atoms with Crippen LogP contribution in [0.1, 0.15) is 21.6 Å². The Balaban J connectivity index is 1.41. The minimum Gasteiger partial charge on any atom is -0.465 e. The van der Waals surface area contributed by atoms with Gasteiger partial charge in [0.05, 0.1) is 11.4 Å². The second-order valence-electron chi connectivity index (χ2n) is 9.08. The molecule has 5 rings (SSSR count). The second-order valence-corrected chi connectivity index (χ2v) is 9.08. The van der Waals surface area contributed by atoms with Crippen LogP contribution in [0, 0.1) is 18.6 Å². The summed E-state index contributed by atoms with van der Waals surface area (Å²) < 4.78 is 28.4. The summed E-state index contributed by atoms with van der Waals surface area (Å²) >= 11 is 0. The van der Waals surface area contributed by atoms with Gasteiger partial charge in [-0.2, -0.15) is 4.98 Å². The van der Waals surface area contributed by atoms with E-state index in [1.807, 2.05) is 11.8 Å². The number of benzene rings is 2. The number of fused-ring (bicyclic) bond motifs is 1. The monoisotopic (exact) mass is 534 g/mol. The molecular weight excluding hydrogens is 510 g/mol. The van der Waals surface area contributed by atoms with Gasteiger partial charge in [0.15, 0.2) is 5.65 Å². The number of pyridine rings is 1. The van der Waals surface area contributed by atoms with Gasteiger partial charge in [0.1, 0.15) is 11.6 Å². The highest BCUT2D eigenvalue weighted by Gasteiger charge is 2.23. The predicted molar refractivity (Wildman–Crippen MR) is 139 cm³/mol. The van der Waals surface area contributed by atoms with Crippen LogP contribution >= 0.6 is 0 Å². The normalized spacial score (nSPS) is 13.5. The molecule has 0 radical (unpaired) electrons. The highest BCUT2D eigenvalue weighted by Crippen LogP contribution is 2.22. The van der Waals surface area contributed by atoms with E-state index < -0.39 is 23.6 Å². The molecule has 2 aromatic carbocycles. The summed E-state index contributed by atoms with van der Waals surface area (Å²) in [7, 11) is 0. The maximum atomic E-state index is 13.9. The van der Waals surface area contributed by atoms with Gasteiger partial charge in [-0.25, -0.2) is 18.6 Å². The standard InChI is InChI=1S/C27H24F2N6O4/c1-16-21-8-9-23(36)35(24(21)32-26(31-16)33-10-12-34(13-11-33)27(38)39)20-6-3-17(4-7-20)25(37)30-15-18-2-5-19(28)14-22(18)29/h2-9,14H,10-13,15H2,1H3,(H,30,37)(H,38,39). The molecule has 0 atom stereocenters. The fraction of sp³-hybridized carbons (Fsp3) is 0.222. The first kappa shape index (κ1) is 25.8. The van der Waals surface area contributed by atoms with Crippen molar-refractivity contribution in [2.45, 2.75) is 13.5 Å². The van der Waals surface area contributed by atoms with Crippen LogP contribution in [0.15, 0.2) is 59.4 Å². The zero-order valence-corrected chi connectivity index (χ0v) is 20.9. The van der Waals surface area contributed by atoms with Gasteiger partial charge in [0.25, 0.3) is 11.5 Å². The van der Waals surface area contributed by atoms with Crippen LogP contribution in [-0.4, -0.2) is 62.7 Å². The fourth-order valence-electron chi connectivity index (χ4n) is 4.44. The Labute approximate surface area is 221 Å². The molecule has 1 aliphatic heterocycles. The SMILES string of the molecule is Cc1nc(N2CCN(C(=O)O)CC2)nc2c1ccc(=O)n2-c1ccc(C(=O)NCc2ccc(F)cc2F)cc1. The van der Waals surface area contributed by atoms with E-state index in [9.17, 15) is 28.3 Å². The molecule has 1 aliphatic rings. The van der Waals surface area contributed by atoms with Crippen molar-refractivity contribution in [2.75, 3.05) is 31.1 Å². The van der Waals surface area contributed by atoms with Gasteiger partial charge in [-0.3, -0.25) is 14.2 Å². The van der Waals surface area contributed by atoms with Gasteiger partial charge in [0, 0.05) is 61.4 Å². The van der Waals surface area contributed by atoms with E-state index in [2.05, 4.69) is 15.3 Å². The van der Waals surface area contributed by atoms with Crippen LogP contribution < -0.4 is 15.8 Å². The van der Waals surface area contributed by atoms with Crippen molar-refractivity contribution >= 4 is 29.0 Å². The molecule has 1 saturated heterocycles. The summed E-state index contributed by atoms with van der Waals surface area (Å²) in [6.45, 7) is 3.16. The summed E-state index contributed by atoms with van der Waals surface area (Å²) in [5, 5.41) is 12.5. The van der Waals surface area contributed by atoms with Gasteiger partial charge in [-0.05, 0) is 43.3 Å². The lowest BCUT2D eigenvalue weighted by molar-refractivity contribution is 0.0950.